The van der Waals surface area contributed by atoms with Crippen LogP contribution in [-0.2, 0) is 9.59 Å². The zero-order chi connectivity index (χ0) is 16.9. The molecule has 0 radical (unpaired) electrons. The number of nitrogens with one attached hydrogen (secondary N) is 1. The largest absolute Gasteiger partial charge is 0.330 e. The Morgan fingerprint density at radius 3 is 2.27 bits per heavy atom. The standard InChI is InChI=1S/C14H20N4O4/c1-4-17(14(20)9(2)15)10(3)13(19)16-11-5-7-12(8-6-11)18(21)22/h5-10H,4,15H2,1-3H3,(H,16,19)/t9-,10-/m0/s1. The Kier molecular flexibility index (Phi) is 6.00. The molecule has 0 heterocycles. The normalized spacial score (nSPS) is 13.1. The molecule has 0 saturated carbocycles. The lowest BCUT2D eigenvalue weighted by Crippen LogP contribution is -2.50. The number of rotatable bonds is 6. The Hall–Kier alpha value is -2.48. The third-order valence-corrected chi connectivity index (χ3v) is 3.21. The number of likely N-dealkylation sites (N-methyl/N-ethyl adjacent to an activating group) is 1. The molecule has 1 aromatic rings. The van der Waals surface area contributed by atoms with Crippen molar-refractivity contribution in [3.8, 4) is 0 Å². The number of carbonyl (C=O) groups excluding carboxylic acids is 2. The first-order valence-electron chi connectivity index (χ1n) is 6.89. The minimum absolute atomic E-state index is 0.0617. The van der Waals surface area contributed by atoms with Gasteiger partial charge in [0.15, 0.2) is 0 Å². The van der Waals surface area contributed by atoms with E-state index >= 15 is 0 Å². The number of anilines is 1. The van der Waals surface area contributed by atoms with E-state index in [0.29, 0.717) is 12.2 Å². The third kappa shape index (κ3) is 4.26. The maximum Gasteiger partial charge on any atom is 0.269 e. The van der Waals surface area contributed by atoms with Crippen LogP contribution in [0.25, 0.3) is 0 Å². The summed E-state index contributed by atoms with van der Waals surface area (Å²) in [6.07, 6.45) is 0. The van der Waals surface area contributed by atoms with Crippen LogP contribution in [0.4, 0.5) is 11.4 Å². The minimum atomic E-state index is -0.696. The molecule has 3 N–H and O–H groups in total. The highest BCUT2D eigenvalue weighted by molar-refractivity contribution is 5.97. The van der Waals surface area contributed by atoms with Crippen molar-refractivity contribution in [2.45, 2.75) is 32.9 Å². The van der Waals surface area contributed by atoms with E-state index in [1.807, 2.05) is 0 Å². The molecule has 120 valence electrons. The van der Waals surface area contributed by atoms with Crippen LogP contribution in [0.15, 0.2) is 24.3 Å². The molecule has 0 bridgehead atoms. The van der Waals surface area contributed by atoms with Crippen molar-refractivity contribution in [2.75, 3.05) is 11.9 Å². The quantitative estimate of drug-likeness (QED) is 0.603. The van der Waals surface area contributed by atoms with Crippen LogP contribution < -0.4 is 11.1 Å². The molecule has 0 aliphatic heterocycles. The second-order valence-electron chi connectivity index (χ2n) is 4.88. The average molecular weight is 308 g/mol. The van der Waals surface area contributed by atoms with Crippen LogP contribution in [0.2, 0.25) is 0 Å². The molecule has 0 saturated heterocycles. The highest BCUT2D eigenvalue weighted by Gasteiger charge is 2.26. The average Bonchev–Trinajstić information content (AvgIpc) is 2.48. The van der Waals surface area contributed by atoms with E-state index in [9.17, 15) is 19.7 Å². The van der Waals surface area contributed by atoms with Crippen LogP contribution in [0, 0.1) is 10.1 Å². The van der Waals surface area contributed by atoms with Gasteiger partial charge >= 0.3 is 0 Å². The van der Waals surface area contributed by atoms with E-state index in [1.54, 1.807) is 20.8 Å². The summed E-state index contributed by atoms with van der Waals surface area (Å²) < 4.78 is 0. The molecule has 0 fully saturated rings. The summed E-state index contributed by atoms with van der Waals surface area (Å²) in [7, 11) is 0. The van der Waals surface area contributed by atoms with E-state index in [1.165, 1.54) is 29.2 Å². The maximum atomic E-state index is 12.2. The van der Waals surface area contributed by atoms with Gasteiger partial charge < -0.3 is 16.0 Å². The molecule has 0 spiro atoms. The molecule has 8 heteroatoms. The van der Waals surface area contributed by atoms with Crippen molar-refractivity contribution in [1.29, 1.82) is 0 Å². The van der Waals surface area contributed by atoms with Crippen LogP contribution in [0.5, 0.6) is 0 Å². The highest BCUT2D eigenvalue weighted by atomic mass is 16.6. The van der Waals surface area contributed by atoms with Crippen LogP contribution >= 0.6 is 0 Å². The van der Waals surface area contributed by atoms with Crippen LogP contribution in [-0.4, -0.2) is 40.3 Å². The van der Waals surface area contributed by atoms with Crippen molar-refractivity contribution in [3.63, 3.8) is 0 Å². The van der Waals surface area contributed by atoms with Gasteiger partial charge in [-0.15, -0.1) is 0 Å². The van der Waals surface area contributed by atoms with Crippen LogP contribution in [0.3, 0.4) is 0 Å². The van der Waals surface area contributed by atoms with Gasteiger partial charge in [0.2, 0.25) is 11.8 Å². The molecular formula is C14H20N4O4. The van der Waals surface area contributed by atoms with Gasteiger partial charge in [-0.25, -0.2) is 0 Å². The third-order valence-electron chi connectivity index (χ3n) is 3.21. The van der Waals surface area contributed by atoms with E-state index in [2.05, 4.69) is 5.32 Å². The Morgan fingerprint density at radius 1 is 1.32 bits per heavy atom. The summed E-state index contributed by atoms with van der Waals surface area (Å²) in [5.74, 6) is -0.696. The number of hydrogen-bond acceptors (Lipinski definition) is 5. The predicted octanol–water partition coefficient (Wildman–Crippen LogP) is 1.12. The lowest BCUT2D eigenvalue weighted by molar-refractivity contribution is -0.384. The van der Waals surface area contributed by atoms with Gasteiger partial charge in [0.1, 0.15) is 6.04 Å². The fourth-order valence-corrected chi connectivity index (χ4v) is 1.94. The molecule has 0 aromatic heterocycles. The molecule has 2 amide bonds. The minimum Gasteiger partial charge on any atom is -0.330 e. The van der Waals surface area contributed by atoms with Crippen molar-refractivity contribution < 1.29 is 14.5 Å². The van der Waals surface area contributed by atoms with Gasteiger partial charge in [-0.05, 0) is 32.9 Å². The number of nitrogens with two attached hydrogens (primary N) is 1. The molecule has 1 aromatic carbocycles. The molecule has 0 unspecified atom stereocenters. The highest BCUT2D eigenvalue weighted by Crippen LogP contribution is 2.16. The molecule has 1 rings (SSSR count). The monoisotopic (exact) mass is 308 g/mol. The molecule has 8 nitrogen and oxygen atoms in total. The first-order valence-corrected chi connectivity index (χ1v) is 6.89. The number of amides is 2. The van der Waals surface area contributed by atoms with Gasteiger partial charge in [-0.3, -0.25) is 19.7 Å². The van der Waals surface area contributed by atoms with E-state index in [0.717, 1.165) is 0 Å². The summed E-state index contributed by atoms with van der Waals surface area (Å²) in [5.41, 5.74) is 5.92. The molecule has 2 atom stereocenters. The Morgan fingerprint density at radius 2 is 1.86 bits per heavy atom. The second kappa shape index (κ2) is 7.51. The summed E-state index contributed by atoms with van der Waals surface area (Å²) in [6.45, 7) is 5.28. The predicted molar refractivity (Wildman–Crippen MR) is 82.2 cm³/mol. The first kappa shape index (κ1) is 17.6. The van der Waals surface area contributed by atoms with Crippen molar-refractivity contribution in [2.24, 2.45) is 5.73 Å². The van der Waals surface area contributed by atoms with Gasteiger partial charge in [0.05, 0.1) is 11.0 Å². The summed E-state index contributed by atoms with van der Waals surface area (Å²) in [4.78, 5) is 35.5. The SMILES string of the molecule is CCN(C(=O)[C@H](C)N)[C@@H](C)C(=O)Nc1ccc([N+](=O)[O-])cc1. The zero-order valence-electron chi connectivity index (χ0n) is 12.8. The topological polar surface area (TPSA) is 119 Å². The summed E-state index contributed by atoms with van der Waals surface area (Å²) in [6, 6.07) is 4.09. The van der Waals surface area contributed by atoms with Crippen LogP contribution in [0.1, 0.15) is 20.8 Å². The van der Waals surface area contributed by atoms with Crippen molar-refractivity contribution >= 4 is 23.2 Å². The summed E-state index contributed by atoms with van der Waals surface area (Å²) >= 11 is 0. The number of benzene rings is 1. The molecule has 0 aliphatic carbocycles. The van der Waals surface area contributed by atoms with Gasteiger partial charge in [0, 0.05) is 24.4 Å². The van der Waals surface area contributed by atoms with Crippen molar-refractivity contribution in [3.05, 3.63) is 34.4 Å². The number of carbonyl (C=O) groups is 2. The first-order chi connectivity index (χ1) is 10.3. The zero-order valence-corrected chi connectivity index (χ0v) is 12.8. The number of nitro benzene ring substituents is 1. The fourth-order valence-electron chi connectivity index (χ4n) is 1.94. The number of nitrogens with zero attached hydrogens (tertiary/aromatic N) is 2. The lowest BCUT2D eigenvalue weighted by Gasteiger charge is -2.28. The van der Waals surface area contributed by atoms with Gasteiger partial charge in [-0.1, -0.05) is 0 Å². The van der Waals surface area contributed by atoms with E-state index in [4.69, 9.17) is 5.73 Å². The van der Waals surface area contributed by atoms with E-state index in [-0.39, 0.29) is 17.5 Å². The maximum absolute atomic E-state index is 12.2. The lowest BCUT2D eigenvalue weighted by atomic mass is 10.2. The Labute approximate surface area is 128 Å². The Bertz CT molecular complexity index is 556. The second-order valence-corrected chi connectivity index (χ2v) is 4.88. The van der Waals surface area contributed by atoms with Gasteiger partial charge in [0.25, 0.3) is 5.69 Å². The number of nitro groups is 1. The molecule has 22 heavy (non-hydrogen) atoms. The van der Waals surface area contributed by atoms with E-state index < -0.39 is 17.0 Å². The molecular weight excluding hydrogens is 288 g/mol. The number of hydrogen-bond donors (Lipinski definition) is 2. The Balaban J connectivity index is 2.78. The van der Waals surface area contributed by atoms with Gasteiger partial charge in [-0.2, -0.15) is 0 Å². The fraction of sp³-hybridized carbons (Fsp3) is 0.429. The number of non-ortho nitro benzene ring substituents is 1. The van der Waals surface area contributed by atoms with Crippen molar-refractivity contribution in [1.82, 2.24) is 4.90 Å². The smallest absolute Gasteiger partial charge is 0.269 e. The molecule has 0 aliphatic rings. The summed E-state index contributed by atoms with van der Waals surface area (Å²) in [5, 5.41) is 13.2.